The first-order valence-electron chi connectivity index (χ1n) is 14.2. The Morgan fingerprint density at radius 2 is 1.57 bits per heavy atom. The van der Waals surface area contributed by atoms with Crippen LogP contribution in [0.25, 0.3) is 11.1 Å². The first kappa shape index (κ1) is 33.8. The first-order chi connectivity index (χ1) is 20.9. The molecule has 2 N–H and O–H groups in total. The van der Waals surface area contributed by atoms with Gasteiger partial charge in [-0.05, 0) is 81.1 Å². The van der Waals surface area contributed by atoms with Crippen molar-refractivity contribution < 1.29 is 43.2 Å². The Labute approximate surface area is 257 Å². The number of hydrogen-bond acceptors (Lipinski definition) is 8. The van der Waals surface area contributed by atoms with Crippen LogP contribution in [0.15, 0.2) is 72.8 Å². The predicted molar refractivity (Wildman–Crippen MR) is 164 cm³/mol. The van der Waals surface area contributed by atoms with Crippen LogP contribution in [0.3, 0.4) is 0 Å². The molecule has 0 atom stereocenters. The van der Waals surface area contributed by atoms with E-state index >= 15 is 0 Å². The molecular weight excluding hydrogens is 566 g/mol. The molecule has 0 aliphatic carbocycles. The van der Waals surface area contributed by atoms with E-state index in [1.54, 1.807) is 50.2 Å². The Hall–Kier alpha value is -4.70. The molecule has 0 spiro atoms. The number of carboxylic acids is 1. The molecule has 10 heteroatoms. The second kappa shape index (κ2) is 15.7. The van der Waals surface area contributed by atoms with Gasteiger partial charge in [-0.1, -0.05) is 42.5 Å². The minimum Gasteiger partial charge on any atom is -0.486 e. The number of carboxylic acid groups (broad SMARTS) is 1. The molecule has 3 aromatic carbocycles. The van der Waals surface area contributed by atoms with Gasteiger partial charge in [-0.3, -0.25) is 14.4 Å². The van der Waals surface area contributed by atoms with Gasteiger partial charge in [0.2, 0.25) is 0 Å². The molecule has 44 heavy (non-hydrogen) atoms. The average molecular weight is 606 g/mol. The molecule has 0 heterocycles. The number of esters is 1. The van der Waals surface area contributed by atoms with Gasteiger partial charge in [0.15, 0.2) is 12.9 Å². The maximum atomic E-state index is 13.0. The molecule has 0 aromatic heterocycles. The predicted octanol–water partition coefficient (Wildman–Crippen LogP) is 5.08. The van der Waals surface area contributed by atoms with Crippen molar-refractivity contribution in [2.24, 2.45) is 5.41 Å². The molecule has 0 aliphatic heterocycles. The summed E-state index contributed by atoms with van der Waals surface area (Å²) in [5.41, 5.74) is 0.817. The zero-order valence-electron chi connectivity index (χ0n) is 25.5. The maximum Gasteiger partial charge on any atom is 0.338 e. The lowest BCUT2D eigenvalue weighted by molar-refractivity contribution is -0.154. The standard InChI is InChI=1S/C34H39NO9/c1-33(2,32(39)40)23-44-34(3,4)14-15-35-30(37)22-42-29-19-26(25-10-12-28(13-11-25)41-17-16-36)18-27(20-29)31(38)43-21-24-8-6-5-7-9-24/h5-13,16,18-20H,14-15,17,21-23H2,1-4H3,(H,35,37)(H,39,40). The largest absolute Gasteiger partial charge is 0.486 e. The zero-order chi connectivity index (χ0) is 32.2. The average Bonchev–Trinajstić information content (AvgIpc) is 3.01. The summed E-state index contributed by atoms with van der Waals surface area (Å²) < 4.78 is 22.4. The highest BCUT2D eigenvalue weighted by molar-refractivity contribution is 5.92. The van der Waals surface area contributed by atoms with Crippen molar-refractivity contribution in [1.82, 2.24) is 5.32 Å². The van der Waals surface area contributed by atoms with Crippen molar-refractivity contribution in [2.45, 2.75) is 46.3 Å². The number of nitrogens with one attached hydrogen (secondary N) is 1. The number of rotatable bonds is 17. The van der Waals surface area contributed by atoms with Crippen LogP contribution in [0, 0.1) is 5.41 Å². The van der Waals surface area contributed by atoms with Crippen LogP contribution >= 0.6 is 0 Å². The van der Waals surface area contributed by atoms with Gasteiger partial charge in [-0.25, -0.2) is 4.79 Å². The van der Waals surface area contributed by atoms with Crippen molar-refractivity contribution in [2.75, 3.05) is 26.4 Å². The molecule has 0 fully saturated rings. The highest BCUT2D eigenvalue weighted by atomic mass is 16.5. The Morgan fingerprint density at radius 1 is 0.864 bits per heavy atom. The van der Waals surface area contributed by atoms with E-state index in [0.717, 1.165) is 11.1 Å². The summed E-state index contributed by atoms with van der Waals surface area (Å²) in [6.45, 7) is 6.91. The third kappa shape index (κ3) is 10.9. The summed E-state index contributed by atoms with van der Waals surface area (Å²) in [5, 5.41) is 12.1. The van der Waals surface area contributed by atoms with Gasteiger partial charge >= 0.3 is 11.9 Å². The van der Waals surface area contributed by atoms with Gasteiger partial charge < -0.3 is 29.4 Å². The monoisotopic (exact) mass is 605 g/mol. The van der Waals surface area contributed by atoms with Crippen molar-refractivity contribution >= 4 is 24.1 Å². The maximum absolute atomic E-state index is 13.0. The second-order valence-electron chi connectivity index (χ2n) is 11.4. The quantitative estimate of drug-likeness (QED) is 0.159. The highest BCUT2D eigenvalue weighted by Crippen LogP contribution is 2.29. The number of amides is 1. The molecule has 3 aromatic rings. The molecule has 0 saturated heterocycles. The lowest BCUT2D eigenvalue weighted by Gasteiger charge is -2.29. The number of carbonyl (C=O) groups excluding carboxylic acids is 3. The summed E-state index contributed by atoms with van der Waals surface area (Å²) in [4.78, 5) is 47.5. The topological polar surface area (TPSA) is 137 Å². The van der Waals surface area contributed by atoms with Crippen LogP contribution in [0.4, 0.5) is 0 Å². The van der Waals surface area contributed by atoms with E-state index in [1.807, 2.05) is 44.2 Å². The minimum absolute atomic E-state index is 0.0351. The van der Waals surface area contributed by atoms with Crippen LogP contribution < -0.4 is 14.8 Å². The Morgan fingerprint density at radius 3 is 2.23 bits per heavy atom. The van der Waals surface area contributed by atoms with Crippen molar-refractivity contribution in [1.29, 1.82) is 0 Å². The summed E-state index contributed by atoms with van der Waals surface area (Å²) in [5.74, 6) is -1.06. The van der Waals surface area contributed by atoms with Gasteiger partial charge in [0.1, 0.15) is 24.7 Å². The van der Waals surface area contributed by atoms with Crippen LogP contribution in [0.2, 0.25) is 0 Å². The summed E-state index contributed by atoms with van der Waals surface area (Å²) >= 11 is 0. The number of carbonyl (C=O) groups is 4. The van der Waals surface area contributed by atoms with E-state index in [9.17, 15) is 24.3 Å². The fraction of sp³-hybridized carbons (Fsp3) is 0.353. The number of ether oxygens (including phenoxy) is 4. The van der Waals surface area contributed by atoms with E-state index in [2.05, 4.69) is 5.32 Å². The van der Waals surface area contributed by atoms with Crippen LogP contribution in [-0.2, 0) is 30.5 Å². The fourth-order valence-electron chi connectivity index (χ4n) is 3.86. The zero-order valence-corrected chi connectivity index (χ0v) is 25.5. The van der Waals surface area contributed by atoms with Gasteiger partial charge in [0.25, 0.3) is 5.91 Å². The highest BCUT2D eigenvalue weighted by Gasteiger charge is 2.31. The number of aliphatic carboxylic acids is 1. The summed E-state index contributed by atoms with van der Waals surface area (Å²) in [7, 11) is 0. The number of aldehydes is 1. The summed E-state index contributed by atoms with van der Waals surface area (Å²) in [6.07, 6.45) is 1.11. The van der Waals surface area contributed by atoms with Crippen molar-refractivity contribution in [3.63, 3.8) is 0 Å². The molecular formula is C34H39NO9. The Kier molecular flexibility index (Phi) is 12.0. The van der Waals surface area contributed by atoms with Gasteiger partial charge in [0, 0.05) is 6.54 Å². The van der Waals surface area contributed by atoms with Crippen molar-refractivity contribution in [3.05, 3.63) is 83.9 Å². The molecule has 10 nitrogen and oxygen atoms in total. The van der Waals surface area contributed by atoms with E-state index < -0.39 is 23.0 Å². The van der Waals surface area contributed by atoms with E-state index in [0.29, 0.717) is 29.8 Å². The molecule has 0 bridgehead atoms. The molecule has 0 radical (unpaired) electrons. The fourth-order valence-corrected chi connectivity index (χ4v) is 3.86. The third-order valence-corrected chi connectivity index (χ3v) is 6.68. The Bertz CT molecular complexity index is 1420. The molecule has 0 aliphatic rings. The van der Waals surface area contributed by atoms with Crippen LogP contribution in [-0.4, -0.2) is 61.2 Å². The first-order valence-corrected chi connectivity index (χ1v) is 14.2. The van der Waals surface area contributed by atoms with Crippen LogP contribution in [0.5, 0.6) is 11.5 Å². The van der Waals surface area contributed by atoms with Crippen molar-refractivity contribution in [3.8, 4) is 22.6 Å². The van der Waals surface area contributed by atoms with Gasteiger partial charge in [0.05, 0.1) is 23.2 Å². The molecule has 0 unspecified atom stereocenters. The molecule has 0 saturated carbocycles. The smallest absolute Gasteiger partial charge is 0.338 e. The molecule has 1 amide bonds. The molecule has 234 valence electrons. The van der Waals surface area contributed by atoms with E-state index in [1.165, 1.54) is 6.07 Å². The molecule has 3 rings (SSSR count). The third-order valence-electron chi connectivity index (χ3n) is 6.68. The lowest BCUT2D eigenvalue weighted by atomic mass is 9.94. The summed E-state index contributed by atoms with van der Waals surface area (Å²) in [6, 6.07) is 21.2. The SMILES string of the molecule is CC(C)(CCNC(=O)COc1cc(C(=O)OCc2ccccc2)cc(-c2ccc(OCC=O)cc2)c1)OCC(C)(C)C(=O)O. The second-order valence-corrected chi connectivity index (χ2v) is 11.4. The number of hydrogen-bond donors (Lipinski definition) is 2. The Balaban J connectivity index is 1.66. The van der Waals surface area contributed by atoms with E-state index in [-0.39, 0.29) is 44.4 Å². The van der Waals surface area contributed by atoms with Gasteiger partial charge in [-0.15, -0.1) is 0 Å². The normalized spacial score (nSPS) is 11.4. The minimum atomic E-state index is -1.03. The van der Waals surface area contributed by atoms with Gasteiger partial charge in [-0.2, -0.15) is 0 Å². The number of benzene rings is 3. The lowest BCUT2D eigenvalue weighted by Crippen LogP contribution is -2.38. The van der Waals surface area contributed by atoms with Crippen LogP contribution in [0.1, 0.15) is 50.0 Å². The van der Waals surface area contributed by atoms with E-state index in [4.69, 9.17) is 18.9 Å².